The molecular weight excluding hydrogens is 338 g/mol. The topological polar surface area (TPSA) is 66.5 Å². The minimum absolute atomic E-state index is 0.0802. The quantitative estimate of drug-likeness (QED) is 0.417. The number of nitrogens with zero attached hydrogens (tertiary/aromatic N) is 1. The third kappa shape index (κ3) is 4.32. The number of piperidine rings is 1. The molecule has 0 N–H and O–H groups in total. The van der Waals surface area contributed by atoms with Crippen molar-refractivity contribution in [3.63, 3.8) is 0 Å². The van der Waals surface area contributed by atoms with Crippen molar-refractivity contribution >= 4 is 6.16 Å². The molecule has 7 nitrogen and oxygen atoms in total. The van der Waals surface area contributed by atoms with E-state index in [1.807, 2.05) is 0 Å². The Bertz CT molecular complexity index is 517. The molecule has 2 rings (SSSR count). The lowest BCUT2D eigenvalue weighted by Crippen LogP contribution is -2.71. The summed E-state index contributed by atoms with van der Waals surface area (Å²) in [7, 11) is 2.14. The highest BCUT2D eigenvalue weighted by molar-refractivity contribution is 5.59. The fourth-order valence-corrected chi connectivity index (χ4v) is 3.78. The van der Waals surface area contributed by atoms with Crippen molar-refractivity contribution in [2.24, 2.45) is 5.92 Å². The van der Waals surface area contributed by atoms with Gasteiger partial charge in [0.05, 0.1) is 13.2 Å². The van der Waals surface area contributed by atoms with E-state index in [-0.39, 0.29) is 30.2 Å². The van der Waals surface area contributed by atoms with E-state index >= 15 is 0 Å². The molecule has 0 saturated carbocycles. The summed E-state index contributed by atoms with van der Waals surface area (Å²) in [6.07, 6.45) is -0.661. The monoisotopic (exact) mass is 373 g/mol. The van der Waals surface area contributed by atoms with Crippen LogP contribution in [0.25, 0.3) is 0 Å². The van der Waals surface area contributed by atoms with Gasteiger partial charge < -0.3 is 14.2 Å². The van der Waals surface area contributed by atoms with Crippen LogP contribution >= 0.6 is 0 Å². The number of likely N-dealkylation sites (tertiary alicyclic amines) is 1. The Morgan fingerprint density at radius 2 is 1.65 bits per heavy atom. The van der Waals surface area contributed by atoms with Gasteiger partial charge in [-0.2, -0.15) is 4.89 Å². The van der Waals surface area contributed by atoms with Gasteiger partial charge in [0, 0.05) is 23.4 Å². The van der Waals surface area contributed by atoms with Crippen molar-refractivity contribution in [3.05, 3.63) is 0 Å². The first-order chi connectivity index (χ1) is 11.7. The van der Waals surface area contributed by atoms with Crippen LogP contribution in [0.4, 0.5) is 4.79 Å². The molecule has 2 aliphatic rings. The van der Waals surface area contributed by atoms with Gasteiger partial charge in [-0.15, -0.1) is 0 Å². The van der Waals surface area contributed by atoms with Crippen molar-refractivity contribution in [1.29, 1.82) is 0 Å². The molecule has 2 fully saturated rings. The summed E-state index contributed by atoms with van der Waals surface area (Å²) in [5, 5.41) is 0. The normalized spacial score (nSPS) is 34.5. The Kier molecular flexibility index (Phi) is 5.71. The Morgan fingerprint density at radius 1 is 1.12 bits per heavy atom. The van der Waals surface area contributed by atoms with E-state index in [1.54, 1.807) is 20.8 Å². The van der Waals surface area contributed by atoms with E-state index in [0.717, 1.165) is 6.42 Å². The van der Waals surface area contributed by atoms with Gasteiger partial charge in [-0.05, 0) is 55.5 Å². The number of hydrogen-bond donors (Lipinski definition) is 0. The largest absolute Gasteiger partial charge is 0.540 e. The Balaban J connectivity index is 1.97. The number of hydrogen-bond acceptors (Lipinski definition) is 7. The molecule has 0 aliphatic carbocycles. The van der Waals surface area contributed by atoms with Crippen LogP contribution in [0.15, 0.2) is 0 Å². The molecule has 0 aromatic carbocycles. The van der Waals surface area contributed by atoms with Crippen molar-refractivity contribution in [2.45, 2.75) is 90.4 Å². The predicted octanol–water partition coefficient (Wildman–Crippen LogP) is 3.51. The molecule has 0 aromatic rings. The summed E-state index contributed by atoms with van der Waals surface area (Å²) in [6, 6.07) is 0. The van der Waals surface area contributed by atoms with Gasteiger partial charge in [-0.3, -0.25) is 9.79 Å². The van der Waals surface area contributed by atoms with Gasteiger partial charge in [0.15, 0.2) is 11.9 Å². The van der Waals surface area contributed by atoms with Crippen LogP contribution in [0.1, 0.15) is 61.8 Å². The number of ether oxygens (including phenoxy) is 3. The lowest BCUT2D eigenvalue weighted by atomic mass is 9.69. The molecule has 2 aliphatic heterocycles. The number of rotatable bonds is 2. The predicted molar refractivity (Wildman–Crippen MR) is 96.5 cm³/mol. The average Bonchev–Trinajstić information content (AvgIpc) is 2.51. The summed E-state index contributed by atoms with van der Waals surface area (Å²) in [5.74, 6) is -0.546. The third-order valence-electron chi connectivity index (χ3n) is 5.82. The van der Waals surface area contributed by atoms with Gasteiger partial charge in [-0.1, -0.05) is 6.92 Å². The van der Waals surface area contributed by atoms with Crippen LogP contribution in [0.2, 0.25) is 0 Å². The Morgan fingerprint density at radius 3 is 2.15 bits per heavy atom. The Labute approximate surface area is 157 Å². The zero-order chi connectivity index (χ0) is 20.0. The molecule has 7 heteroatoms. The molecule has 26 heavy (non-hydrogen) atoms. The van der Waals surface area contributed by atoms with Crippen LogP contribution in [0, 0.1) is 5.92 Å². The van der Waals surface area contributed by atoms with Gasteiger partial charge in [0.2, 0.25) is 0 Å². The minimum atomic E-state index is -0.884. The van der Waals surface area contributed by atoms with E-state index in [0.29, 0.717) is 0 Å². The molecule has 1 spiro atoms. The first-order valence-electron chi connectivity index (χ1n) is 9.28. The highest BCUT2D eigenvalue weighted by atomic mass is 17.2. The second kappa shape index (κ2) is 6.93. The molecule has 0 aromatic heterocycles. The lowest BCUT2D eigenvalue weighted by molar-refractivity contribution is -0.361. The first-order valence-corrected chi connectivity index (χ1v) is 9.28. The van der Waals surface area contributed by atoms with Crippen LogP contribution in [-0.2, 0) is 24.0 Å². The smallest absolute Gasteiger partial charge is 0.424 e. The van der Waals surface area contributed by atoms with Crippen LogP contribution < -0.4 is 0 Å². The molecule has 2 heterocycles. The zero-order valence-corrected chi connectivity index (χ0v) is 17.7. The van der Waals surface area contributed by atoms with Gasteiger partial charge in [0.1, 0.15) is 5.60 Å². The van der Waals surface area contributed by atoms with Gasteiger partial charge in [0.25, 0.3) is 0 Å². The molecule has 0 amide bonds. The van der Waals surface area contributed by atoms with Crippen LogP contribution in [-0.4, -0.2) is 59.9 Å². The molecule has 2 saturated heterocycles. The number of carbonyl (C=O) groups is 1. The molecule has 152 valence electrons. The summed E-state index contributed by atoms with van der Waals surface area (Å²) in [6.45, 7) is 16.8. The third-order valence-corrected chi connectivity index (χ3v) is 5.82. The molecule has 1 atom stereocenters. The highest BCUT2D eigenvalue weighted by Crippen LogP contribution is 2.49. The summed E-state index contributed by atoms with van der Waals surface area (Å²) in [4.78, 5) is 23.8. The van der Waals surface area contributed by atoms with Crippen molar-refractivity contribution < 1.29 is 28.8 Å². The van der Waals surface area contributed by atoms with Gasteiger partial charge in [-0.25, -0.2) is 4.79 Å². The van der Waals surface area contributed by atoms with Crippen molar-refractivity contribution in [1.82, 2.24) is 4.90 Å². The second-order valence-electron chi connectivity index (χ2n) is 9.63. The lowest BCUT2D eigenvalue weighted by Gasteiger charge is -2.62. The maximum absolute atomic E-state index is 11.8. The highest BCUT2D eigenvalue weighted by Gasteiger charge is 2.59. The first kappa shape index (κ1) is 21.4. The second-order valence-corrected chi connectivity index (χ2v) is 9.63. The van der Waals surface area contributed by atoms with E-state index < -0.39 is 23.6 Å². The fourth-order valence-electron chi connectivity index (χ4n) is 3.78. The van der Waals surface area contributed by atoms with Crippen LogP contribution in [0.3, 0.4) is 0 Å². The summed E-state index contributed by atoms with van der Waals surface area (Å²) in [5.41, 5.74) is -0.776. The summed E-state index contributed by atoms with van der Waals surface area (Å²) >= 11 is 0. The van der Waals surface area contributed by atoms with Crippen molar-refractivity contribution in [3.8, 4) is 0 Å². The fraction of sp³-hybridized carbons (Fsp3) is 0.947. The van der Waals surface area contributed by atoms with E-state index in [2.05, 4.69) is 51.5 Å². The maximum Gasteiger partial charge on any atom is 0.540 e. The summed E-state index contributed by atoms with van der Waals surface area (Å²) < 4.78 is 17.6. The van der Waals surface area contributed by atoms with Crippen molar-refractivity contribution in [2.75, 3.05) is 20.3 Å². The standard InChI is InChI=1S/C19H35NO6/c1-13-18(7,8)20(9)17(5,6)12-19(13)22-10-14(11-23-19)24-15(21)25-26-16(2,3)4/h13-14H,10-12H2,1-9H3. The zero-order valence-electron chi connectivity index (χ0n) is 17.7. The van der Waals surface area contributed by atoms with Crippen LogP contribution in [0.5, 0.6) is 0 Å². The molecular formula is C19H35NO6. The SMILES string of the molecule is CC1C2(CC(C)(C)N(C)C1(C)C)OCC(OC(=O)OOC(C)(C)C)CO2. The van der Waals surface area contributed by atoms with E-state index in [1.165, 1.54) is 0 Å². The minimum Gasteiger partial charge on any atom is -0.424 e. The maximum atomic E-state index is 11.8. The van der Waals surface area contributed by atoms with E-state index in [9.17, 15) is 4.79 Å². The number of carbonyl (C=O) groups excluding carboxylic acids is 1. The molecule has 0 bridgehead atoms. The van der Waals surface area contributed by atoms with Gasteiger partial charge >= 0.3 is 6.16 Å². The molecule has 1 unspecified atom stereocenters. The van der Waals surface area contributed by atoms with E-state index in [4.69, 9.17) is 19.1 Å². The average molecular weight is 373 g/mol. The Hall–Kier alpha value is -0.890. The molecule has 0 radical (unpaired) electrons.